The molecule has 2 rings (SSSR count). The summed E-state index contributed by atoms with van der Waals surface area (Å²) in [5.41, 5.74) is 1.05. The largest absolute Gasteiger partial charge is 0.508 e. The molecule has 0 radical (unpaired) electrons. The SMILES string of the molecule is CCCC(C)NC(=O)C(c1ccc(O)c(C)c1)N(CC)C(=O)C(Cc1ccc(O)cc1)NC(=O)OC(C)(C)C. The van der Waals surface area contributed by atoms with Crippen molar-refractivity contribution in [3.63, 3.8) is 0 Å². The molecule has 0 aromatic heterocycles. The number of alkyl carbamates (subject to hydrolysis) is 1. The molecule has 0 heterocycles. The van der Waals surface area contributed by atoms with E-state index in [0.717, 1.165) is 12.8 Å². The summed E-state index contributed by atoms with van der Waals surface area (Å²) in [5, 5.41) is 25.5. The van der Waals surface area contributed by atoms with E-state index in [2.05, 4.69) is 10.6 Å². The first-order chi connectivity index (χ1) is 18.2. The number of aromatic hydroxyl groups is 2. The lowest BCUT2D eigenvalue weighted by atomic mass is 9.98. The number of carbonyl (C=O) groups is 3. The van der Waals surface area contributed by atoms with Gasteiger partial charge in [-0.1, -0.05) is 31.5 Å². The van der Waals surface area contributed by atoms with Crippen LogP contribution in [-0.2, 0) is 20.7 Å². The molecule has 0 aliphatic rings. The smallest absolute Gasteiger partial charge is 0.408 e. The average Bonchev–Trinajstić information content (AvgIpc) is 2.83. The Labute approximate surface area is 231 Å². The van der Waals surface area contributed by atoms with Gasteiger partial charge in [-0.3, -0.25) is 9.59 Å². The summed E-state index contributed by atoms with van der Waals surface area (Å²) in [6, 6.07) is 9.02. The lowest BCUT2D eigenvalue weighted by Gasteiger charge is -2.34. The standard InChI is InChI=1S/C30H43N3O6/c1-8-10-20(4)31-27(36)26(22-13-16-25(35)19(3)17-22)33(9-2)28(37)24(32-29(38)39-30(5,6)7)18-21-11-14-23(34)15-12-21/h11-17,20,24,26,34-35H,8-10,18H2,1-7H3,(H,31,36)(H,32,38). The molecule has 39 heavy (non-hydrogen) atoms. The summed E-state index contributed by atoms with van der Waals surface area (Å²) >= 11 is 0. The van der Waals surface area contributed by atoms with Crippen LogP contribution in [0.3, 0.4) is 0 Å². The van der Waals surface area contributed by atoms with Gasteiger partial charge in [-0.2, -0.15) is 0 Å². The van der Waals surface area contributed by atoms with Crippen molar-refractivity contribution in [2.75, 3.05) is 6.54 Å². The van der Waals surface area contributed by atoms with Gasteiger partial charge in [0.2, 0.25) is 11.8 Å². The predicted molar refractivity (Wildman–Crippen MR) is 150 cm³/mol. The highest BCUT2D eigenvalue weighted by molar-refractivity contribution is 5.92. The minimum Gasteiger partial charge on any atom is -0.508 e. The van der Waals surface area contributed by atoms with Crippen LogP contribution in [0.4, 0.5) is 4.79 Å². The summed E-state index contributed by atoms with van der Waals surface area (Å²) in [7, 11) is 0. The van der Waals surface area contributed by atoms with E-state index in [-0.39, 0.29) is 36.4 Å². The highest BCUT2D eigenvalue weighted by Crippen LogP contribution is 2.27. The molecule has 3 amide bonds. The number of phenolic OH excluding ortho intramolecular Hbond substituents is 2. The van der Waals surface area contributed by atoms with Crippen LogP contribution in [0.1, 0.15) is 77.1 Å². The molecule has 0 fully saturated rings. The maximum Gasteiger partial charge on any atom is 0.408 e. The first-order valence-corrected chi connectivity index (χ1v) is 13.4. The molecule has 0 saturated heterocycles. The Balaban J connectivity index is 2.51. The minimum absolute atomic E-state index is 0.0811. The van der Waals surface area contributed by atoms with Gasteiger partial charge in [0.1, 0.15) is 29.2 Å². The highest BCUT2D eigenvalue weighted by atomic mass is 16.6. The van der Waals surface area contributed by atoms with Crippen molar-refractivity contribution in [3.8, 4) is 11.5 Å². The summed E-state index contributed by atoms with van der Waals surface area (Å²) in [5.74, 6) is -0.650. The van der Waals surface area contributed by atoms with Gasteiger partial charge < -0.3 is 30.5 Å². The molecule has 9 heteroatoms. The monoisotopic (exact) mass is 541 g/mol. The normalized spacial score (nSPS) is 13.6. The third-order valence-electron chi connectivity index (χ3n) is 6.20. The number of likely N-dealkylation sites (N-methyl/N-ethyl adjacent to an activating group) is 1. The number of ether oxygens (including phenoxy) is 1. The second-order valence-corrected chi connectivity index (χ2v) is 10.8. The molecule has 0 spiro atoms. The molecular formula is C30H43N3O6. The lowest BCUT2D eigenvalue weighted by molar-refractivity contribution is -0.142. The molecule has 2 aromatic carbocycles. The zero-order valence-corrected chi connectivity index (χ0v) is 24.1. The van der Waals surface area contributed by atoms with E-state index in [1.807, 2.05) is 13.8 Å². The number of hydrogen-bond acceptors (Lipinski definition) is 6. The number of nitrogens with one attached hydrogen (secondary N) is 2. The highest BCUT2D eigenvalue weighted by Gasteiger charge is 2.36. The Morgan fingerprint density at radius 3 is 2.18 bits per heavy atom. The fourth-order valence-electron chi connectivity index (χ4n) is 4.33. The zero-order chi connectivity index (χ0) is 29.3. The van der Waals surface area contributed by atoms with Gasteiger partial charge in [0, 0.05) is 19.0 Å². The van der Waals surface area contributed by atoms with Crippen LogP contribution in [0.25, 0.3) is 0 Å². The molecule has 4 N–H and O–H groups in total. The first-order valence-electron chi connectivity index (χ1n) is 13.4. The Kier molecular flexibility index (Phi) is 11.2. The fraction of sp³-hybridized carbons (Fsp3) is 0.500. The summed E-state index contributed by atoms with van der Waals surface area (Å²) in [6.07, 6.45) is 1.02. The van der Waals surface area contributed by atoms with Crippen LogP contribution in [-0.4, -0.2) is 57.3 Å². The maximum atomic E-state index is 14.1. The van der Waals surface area contributed by atoms with Crippen molar-refractivity contribution < 1.29 is 29.3 Å². The van der Waals surface area contributed by atoms with Gasteiger partial charge in [0.05, 0.1) is 0 Å². The number of benzene rings is 2. The molecule has 0 aliphatic heterocycles. The number of hydrogen-bond donors (Lipinski definition) is 4. The first kappa shape index (κ1) is 31.5. The Bertz CT molecular complexity index is 1130. The van der Waals surface area contributed by atoms with E-state index in [9.17, 15) is 24.6 Å². The summed E-state index contributed by atoms with van der Waals surface area (Å²) < 4.78 is 5.42. The van der Waals surface area contributed by atoms with Gasteiger partial charge in [-0.05, 0) is 88.9 Å². The number of rotatable bonds is 11. The third kappa shape index (κ3) is 9.50. The molecule has 0 saturated carbocycles. The molecule has 2 aromatic rings. The molecule has 0 bridgehead atoms. The van der Waals surface area contributed by atoms with Crippen LogP contribution < -0.4 is 10.6 Å². The van der Waals surface area contributed by atoms with Crippen LogP contribution in [0, 0.1) is 6.92 Å². The average molecular weight is 542 g/mol. The summed E-state index contributed by atoms with van der Waals surface area (Å²) in [6.45, 7) is 12.8. The van der Waals surface area contributed by atoms with Crippen molar-refractivity contribution in [2.24, 2.45) is 0 Å². The molecule has 0 aliphatic carbocycles. The van der Waals surface area contributed by atoms with Gasteiger partial charge in [-0.15, -0.1) is 0 Å². The zero-order valence-electron chi connectivity index (χ0n) is 24.1. The lowest BCUT2D eigenvalue weighted by Crippen LogP contribution is -2.54. The number of amides is 3. The van der Waals surface area contributed by atoms with E-state index in [1.54, 1.807) is 58.9 Å². The van der Waals surface area contributed by atoms with Crippen LogP contribution >= 0.6 is 0 Å². The van der Waals surface area contributed by atoms with Crippen LogP contribution in [0.5, 0.6) is 11.5 Å². The van der Waals surface area contributed by atoms with Crippen LogP contribution in [0.15, 0.2) is 42.5 Å². The fourth-order valence-corrected chi connectivity index (χ4v) is 4.33. The number of phenols is 2. The molecular weight excluding hydrogens is 498 g/mol. The van der Waals surface area contributed by atoms with E-state index >= 15 is 0 Å². The second-order valence-electron chi connectivity index (χ2n) is 10.8. The Morgan fingerprint density at radius 1 is 1.00 bits per heavy atom. The van der Waals surface area contributed by atoms with Crippen molar-refractivity contribution in [3.05, 3.63) is 59.2 Å². The molecule has 214 valence electrons. The molecule has 3 atom stereocenters. The quantitative estimate of drug-likeness (QED) is 0.325. The van der Waals surface area contributed by atoms with Gasteiger partial charge in [0.25, 0.3) is 0 Å². The van der Waals surface area contributed by atoms with Crippen LogP contribution in [0.2, 0.25) is 0 Å². The number of nitrogens with zero attached hydrogens (tertiary/aromatic N) is 1. The number of aryl methyl sites for hydroxylation is 1. The van der Waals surface area contributed by atoms with E-state index in [4.69, 9.17) is 4.74 Å². The van der Waals surface area contributed by atoms with E-state index < -0.39 is 29.7 Å². The van der Waals surface area contributed by atoms with Gasteiger partial charge >= 0.3 is 6.09 Å². The molecule has 9 nitrogen and oxygen atoms in total. The van der Waals surface area contributed by atoms with Crippen molar-refractivity contribution in [2.45, 2.75) is 91.5 Å². The van der Waals surface area contributed by atoms with Crippen molar-refractivity contribution in [1.29, 1.82) is 0 Å². The molecule has 3 unspecified atom stereocenters. The Hall–Kier alpha value is -3.75. The summed E-state index contributed by atoms with van der Waals surface area (Å²) in [4.78, 5) is 41.9. The topological polar surface area (TPSA) is 128 Å². The van der Waals surface area contributed by atoms with Gasteiger partial charge in [-0.25, -0.2) is 4.79 Å². The second kappa shape index (κ2) is 13.9. The number of carbonyl (C=O) groups excluding carboxylic acids is 3. The predicted octanol–water partition coefficient (Wildman–Crippen LogP) is 4.74. The minimum atomic E-state index is -1.05. The van der Waals surface area contributed by atoms with Crippen molar-refractivity contribution >= 4 is 17.9 Å². The van der Waals surface area contributed by atoms with E-state index in [0.29, 0.717) is 16.7 Å². The maximum absolute atomic E-state index is 14.1. The third-order valence-corrected chi connectivity index (χ3v) is 6.20. The Morgan fingerprint density at radius 2 is 1.64 bits per heavy atom. The van der Waals surface area contributed by atoms with Gasteiger partial charge in [0.15, 0.2) is 0 Å². The van der Waals surface area contributed by atoms with Crippen molar-refractivity contribution in [1.82, 2.24) is 15.5 Å². The van der Waals surface area contributed by atoms with E-state index in [1.165, 1.54) is 23.1 Å².